The van der Waals surface area contributed by atoms with E-state index in [1.54, 1.807) is 25.2 Å². The quantitative estimate of drug-likeness (QED) is 0.730. The molecule has 2 rings (SSSR count). The summed E-state index contributed by atoms with van der Waals surface area (Å²) in [6.45, 7) is 6.38. The molecule has 1 aromatic rings. The van der Waals surface area contributed by atoms with Crippen molar-refractivity contribution < 1.29 is 19.1 Å². The van der Waals surface area contributed by atoms with Crippen molar-refractivity contribution in [2.75, 3.05) is 33.7 Å². The van der Waals surface area contributed by atoms with Gasteiger partial charge in [0.2, 0.25) is 5.91 Å². The third kappa shape index (κ3) is 6.00. The fraction of sp³-hybridized carbons (Fsp3) is 0.619. The van der Waals surface area contributed by atoms with Crippen LogP contribution in [0, 0.1) is 5.41 Å². The lowest BCUT2D eigenvalue weighted by molar-refractivity contribution is -0.129. The number of rotatable bonds is 6. The number of nitrogens with one attached hydrogen (secondary N) is 1. The van der Waals surface area contributed by atoms with Crippen molar-refractivity contribution in [1.29, 1.82) is 0 Å². The number of pyridine rings is 1. The Morgan fingerprint density at radius 3 is 2.45 bits per heavy atom. The maximum Gasteiger partial charge on any atom is 0.410 e. The van der Waals surface area contributed by atoms with E-state index in [2.05, 4.69) is 10.3 Å². The highest BCUT2D eigenvalue weighted by Crippen LogP contribution is 2.41. The number of nitrogens with zero attached hydrogens (tertiary/aromatic N) is 3. The Labute approximate surface area is 172 Å². The number of aldehydes is 1. The van der Waals surface area contributed by atoms with E-state index in [1.165, 1.54) is 4.90 Å². The van der Waals surface area contributed by atoms with Crippen molar-refractivity contribution >= 4 is 18.3 Å². The monoisotopic (exact) mass is 404 g/mol. The first-order valence-corrected chi connectivity index (χ1v) is 9.87. The van der Waals surface area contributed by atoms with Gasteiger partial charge in [-0.25, -0.2) is 4.79 Å². The molecular weight excluding hydrogens is 372 g/mol. The second-order valence-electron chi connectivity index (χ2n) is 8.68. The molecule has 0 radical (unpaired) electrons. The third-order valence-electron chi connectivity index (χ3n) is 5.10. The highest BCUT2D eigenvalue weighted by molar-refractivity contribution is 5.77. The van der Waals surface area contributed by atoms with Crippen LogP contribution in [-0.4, -0.2) is 72.4 Å². The molecule has 2 heterocycles. The van der Waals surface area contributed by atoms with Crippen molar-refractivity contribution in [1.82, 2.24) is 20.1 Å². The number of carbonyl (C=O) groups is 3. The van der Waals surface area contributed by atoms with Gasteiger partial charge >= 0.3 is 6.09 Å². The van der Waals surface area contributed by atoms with E-state index in [9.17, 15) is 14.4 Å². The number of amides is 2. The first kappa shape index (κ1) is 22.8. The van der Waals surface area contributed by atoms with Gasteiger partial charge < -0.3 is 19.3 Å². The van der Waals surface area contributed by atoms with E-state index in [0.717, 1.165) is 6.29 Å². The molecule has 2 amide bonds. The van der Waals surface area contributed by atoms with Crippen LogP contribution in [0.2, 0.25) is 0 Å². The van der Waals surface area contributed by atoms with Gasteiger partial charge in [-0.05, 0) is 45.7 Å². The van der Waals surface area contributed by atoms with Crippen molar-refractivity contribution in [2.45, 2.75) is 45.3 Å². The number of likely N-dealkylation sites (N-methyl/N-ethyl adjacent to an activating group) is 1. The van der Waals surface area contributed by atoms with Gasteiger partial charge in [-0.1, -0.05) is 6.07 Å². The van der Waals surface area contributed by atoms with Gasteiger partial charge in [0.05, 0.1) is 23.7 Å². The highest BCUT2D eigenvalue weighted by Gasteiger charge is 2.44. The number of carbonyl (C=O) groups excluding carboxylic acids is 3. The largest absolute Gasteiger partial charge is 0.444 e. The lowest BCUT2D eigenvalue weighted by Crippen LogP contribution is -2.51. The first-order chi connectivity index (χ1) is 13.6. The van der Waals surface area contributed by atoms with Gasteiger partial charge in [-0.15, -0.1) is 0 Å². The van der Waals surface area contributed by atoms with Gasteiger partial charge in [0.1, 0.15) is 11.9 Å². The van der Waals surface area contributed by atoms with Crippen LogP contribution in [0.3, 0.4) is 0 Å². The van der Waals surface area contributed by atoms with Crippen LogP contribution in [-0.2, 0) is 14.3 Å². The minimum absolute atomic E-state index is 0.0850. The average Bonchev–Trinajstić information content (AvgIpc) is 2.67. The van der Waals surface area contributed by atoms with Crippen LogP contribution >= 0.6 is 0 Å². The number of likely N-dealkylation sites (tertiary alicyclic amines) is 1. The summed E-state index contributed by atoms with van der Waals surface area (Å²) in [4.78, 5) is 44.3. The second-order valence-corrected chi connectivity index (χ2v) is 8.68. The number of ether oxygens (including phenoxy) is 1. The third-order valence-corrected chi connectivity index (χ3v) is 5.10. The van der Waals surface area contributed by atoms with Gasteiger partial charge in [0.15, 0.2) is 0 Å². The predicted octanol–water partition coefficient (Wildman–Crippen LogP) is 2.02. The van der Waals surface area contributed by atoms with E-state index < -0.39 is 17.1 Å². The van der Waals surface area contributed by atoms with E-state index in [1.807, 2.05) is 39.0 Å². The summed E-state index contributed by atoms with van der Waals surface area (Å²) < 4.78 is 5.45. The van der Waals surface area contributed by atoms with Gasteiger partial charge in [-0.3, -0.25) is 15.1 Å². The van der Waals surface area contributed by atoms with Crippen LogP contribution in [0.4, 0.5) is 4.79 Å². The molecule has 0 aromatic carbocycles. The molecule has 1 aliphatic heterocycles. The number of hydrogen-bond donors (Lipinski definition) is 1. The summed E-state index contributed by atoms with van der Waals surface area (Å²) in [5.74, 6) is -0.0850. The molecular formula is C21H32N4O4. The molecule has 0 aliphatic carbocycles. The summed E-state index contributed by atoms with van der Waals surface area (Å²) >= 11 is 0. The SMILES string of the molecule is CN(C)C(=O)CNC(c1ccccn1)C1(C=O)CCN(C(=O)OC(C)(C)C)CC1. The maximum absolute atomic E-state index is 12.4. The minimum atomic E-state index is -0.764. The molecule has 8 nitrogen and oxygen atoms in total. The Morgan fingerprint density at radius 2 is 1.97 bits per heavy atom. The average molecular weight is 405 g/mol. The summed E-state index contributed by atoms with van der Waals surface area (Å²) in [6.07, 6.45) is 3.17. The fourth-order valence-electron chi connectivity index (χ4n) is 3.40. The Hall–Kier alpha value is -2.48. The molecule has 8 heteroatoms. The zero-order valence-corrected chi connectivity index (χ0v) is 18.0. The number of piperidine rings is 1. The van der Waals surface area contributed by atoms with Crippen LogP contribution in [0.1, 0.15) is 45.3 Å². The van der Waals surface area contributed by atoms with Gasteiger partial charge in [0, 0.05) is 33.4 Å². The molecule has 1 aliphatic rings. The van der Waals surface area contributed by atoms with E-state index >= 15 is 0 Å². The Kier molecular flexibility index (Phi) is 7.35. The van der Waals surface area contributed by atoms with Crippen molar-refractivity contribution in [3.05, 3.63) is 30.1 Å². The normalized spacial score (nSPS) is 17.3. The lowest BCUT2D eigenvalue weighted by Gasteiger charge is -2.43. The van der Waals surface area contributed by atoms with Gasteiger partial charge in [-0.2, -0.15) is 0 Å². The lowest BCUT2D eigenvalue weighted by atomic mass is 9.72. The summed E-state index contributed by atoms with van der Waals surface area (Å²) in [6, 6.07) is 5.10. The maximum atomic E-state index is 12.4. The highest BCUT2D eigenvalue weighted by atomic mass is 16.6. The van der Waals surface area contributed by atoms with Crippen LogP contribution in [0.5, 0.6) is 0 Å². The molecule has 1 N–H and O–H groups in total. The second kappa shape index (κ2) is 9.35. The van der Waals surface area contributed by atoms with E-state index in [0.29, 0.717) is 31.6 Å². The Bertz CT molecular complexity index is 707. The van der Waals surface area contributed by atoms with Gasteiger partial charge in [0.25, 0.3) is 0 Å². The molecule has 0 bridgehead atoms. The number of hydrogen-bond acceptors (Lipinski definition) is 6. The van der Waals surface area contributed by atoms with E-state index in [-0.39, 0.29) is 18.5 Å². The van der Waals surface area contributed by atoms with E-state index in [4.69, 9.17) is 4.74 Å². The molecule has 0 saturated carbocycles. The molecule has 0 spiro atoms. The molecule has 1 unspecified atom stereocenters. The summed E-state index contributed by atoms with van der Waals surface area (Å²) in [5.41, 5.74) is -0.628. The standard InChI is InChI=1S/C21H32N4O4/c1-20(2,3)29-19(28)25-12-9-21(15-26,10-13-25)18(16-8-6-7-11-22-16)23-14-17(27)24(4)5/h6-8,11,15,18,23H,9-10,12-14H2,1-5H3. The number of aromatic nitrogens is 1. The topological polar surface area (TPSA) is 91.8 Å². The Morgan fingerprint density at radius 1 is 1.31 bits per heavy atom. The van der Waals surface area contributed by atoms with Crippen molar-refractivity contribution in [2.24, 2.45) is 5.41 Å². The molecule has 1 atom stereocenters. The first-order valence-electron chi connectivity index (χ1n) is 9.87. The molecule has 160 valence electrons. The molecule has 29 heavy (non-hydrogen) atoms. The minimum Gasteiger partial charge on any atom is -0.444 e. The van der Waals surface area contributed by atoms with Crippen molar-refractivity contribution in [3.8, 4) is 0 Å². The van der Waals surface area contributed by atoms with Crippen LogP contribution < -0.4 is 5.32 Å². The zero-order chi connectivity index (χ0) is 21.7. The molecule has 1 saturated heterocycles. The Balaban J connectivity index is 2.19. The zero-order valence-electron chi connectivity index (χ0n) is 18.0. The van der Waals surface area contributed by atoms with Crippen LogP contribution in [0.15, 0.2) is 24.4 Å². The van der Waals surface area contributed by atoms with Crippen molar-refractivity contribution in [3.63, 3.8) is 0 Å². The molecule has 1 fully saturated rings. The predicted molar refractivity (Wildman–Crippen MR) is 109 cm³/mol. The van der Waals surface area contributed by atoms with Crippen LogP contribution in [0.25, 0.3) is 0 Å². The fourth-order valence-corrected chi connectivity index (χ4v) is 3.40. The summed E-state index contributed by atoms with van der Waals surface area (Å²) in [7, 11) is 3.38. The molecule has 1 aromatic heterocycles. The smallest absolute Gasteiger partial charge is 0.410 e. The summed E-state index contributed by atoms with van der Waals surface area (Å²) in [5, 5.41) is 3.24.